The van der Waals surface area contributed by atoms with Crippen LogP contribution in [0.5, 0.6) is 5.75 Å². The van der Waals surface area contributed by atoms with Gasteiger partial charge in [0.1, 0.15) is 11.6 Å². The summed E-state index contributed by atoms with van der Waals surface area (Å²) in [6.45, 7) is 2.98. The minimum Gasteiger partial charge on any atom is -0.481 e. The van der Waals surface area contributed by atoms with E-state index in [-0.39, 0.29) is 18.3 Å². The number of amides is 1. The minimum atomic E-state index is -0.230. The molecule has 0 unspecified atom stereocenters. The summed E-state index contributed by atoms with van der Waals surface area (Å²) in [5.41, 5.74) is 2.20. The topological polar surface area (TPSA) is 41.6 Å². The van der Waals surface area contributed by atoms with Crippen LogP contribution in [0, 0.1) is 5.82 Å². The molecule has 1 heterocycles. The third-order valence-electron chi connectivity index (χ3n) is 3.66. The number of nitrogens with zero attached hydrogens (tertiary/aromatic N) is 1. The third-order valence-corrected chi connectivity index (χ3v) is 3.66. The van der Waals surface area contributed by atoms with E-state index in [0.29, 0.717) is 24.4 Å². The van der Waals surface area contributed by atoms with E-state index in [9.17, 15) is 9.18 Å². The quantitative estimate of drug-likeness (QED) is 0.943. The van der Waals surface area contributed by atoms with Gasteiger partial charge in [0.25, 0.3) is 5.91 Å². The molecule has 22 heavy (non-hydrogen) atoms. The lowest BCUT2D eigenvalue weighted by atomic mass is 10.2. The number of hydrogen-bond acceptors (Lipinski definition) is 3. The second-order valence-electron chi connectivity index (χ2n) is 5.05. The molecule has 1 aliphatic rings. The van der Waals surface area contributed by atoms with Gasteiger partial charge in [0.05, 0.1) is 5.69 Å². The number of likely N-dealkylation sites (N-methyl/N-ethyl adjacent to an activating group) is 1. The fourth-order valence-electron chi connectivity index (χ4n) is 2.50. The van der Waals surface area contributed by atoms with Gasteiger partial charge in [-0.3, -0.25) is 4.79 Å². The molecule has 2 aromatic rings. The van der Waals surface area contributed by atoms with Gasteiger partial charge < -0.3 is 15.0 Å². The number of carbonyl (C=O) groups is 1. The minimum absolute atomic E-state index is 0.0398. The van der Waals surface area contributed by atoms with E-state index in [1.807, 2.05) is 25.1 Å². The van der Waals surface area contributed by atoms with E-state index in [1.165, 1.54) is 6.07 Å². The highest BCUT2D eigenvalue weighted by molar-refractivity contribution is 5.98. The van der Waals surface area contributed by atoms with Gasteiger partial charge in [0.15, 0.2) is 6.61 Å². The van der Waals surface area contributed by atoms with Gasteiger partial charge in [-0.1, -0.05) is 18.2 Å². The maximum atomic E-state index is 13.6. The Balaban J connectivity index is 1.77. The van der Waals surface area contributed by atoms with Crippen molar-refractivity contribution in [3.05, 3.63) is 53.8 Å². The van der Waals surface area contributed by atoms with Crippen LogP contribution in [0.1, 0.15) is 12.5 Å². The van der Waals surface area contributed by atoms with E-state index in [1.54, 1.807) is 23.1 Å². The van der Waals surface area contributed by atoms with Crippen LogP contribution in [0.3, 0.4) is 0 Å². The van der Waals surface area contributed by atoms with Crippen molar-refractivity contribution in [3.8, 4) is 5.75 Å². The standard InChI is InChI=1S/C17H17FN2O2/c1-2-20-15-8-7-13(9-16(15)22-11-17(20)21)19-10-12-5-3-4-6-14(12)18/h3-9,19H,2,10-11H2,1H3. The van der Waals surface area contributed by atoms with E-state index >= 15 is 0 Å². The fourth-order valence-corrected chi connectivity index (χ4v) is 2.50. The van der Waals surface area contributed by atoms with Crippen molar-refractivity contribution in [2.24, 2.45) is 0 Å². The molecule has 2 aromatic carbocycles. The molecule has 3 rings (SSSR count). The number of carbonyl (C=O) groups excluding carboxylic acids is 1. The molecule has 0 saturated carbocycles. The van der Waals surface area contributed by atoms with Crippen LogP contribution in [-0.4, -0.2) is 19.1 Å². The summed E-state index contributed by atoms with van der Waals surface area (Å²) < 4.78 is 19.1. The number of halogens is 1. The summed E-state index contributed by atoms with van der Waals surface area (Å²) in [7, 11) is 0. The smallest absolute Gasteiger partial charge is 0.265 e. The van der Waals surface area contributed by atoms with E-state index in [0.717, 1.165) is 11.4 Å². The van der Waals surface area contributed by atoms with Crippen LogP contribution in [0.15, 0.2) is 42.5 Å². The van der Waals surface area contributed by atoms with Crippen molar-refractivity contribution in [1.29, 1.82) is 0 Å². The highest BCUT2D eigenvalue weighted by Crippen LogP contribution is 2.34. The van der Waals surface area contributed by atoms with Gasteiger partial charge >= 0.3 is 0 Å². The van der Waals surface area contributed by atoms with Crippen LogP contribution in [0.25, 0.3) is 0 Å². The SMILES string of the molecule is CCN1C(=O)COc2cc(NCc3ccccc3F)ccc21. The molecule has 0 aliphatic carbocycles. The first-order valence-electron chi connectivity index (χ1n) is 7.23. The summed E-state index contributed by atoms with van der Waals surface area (Å²) in [4.78, 5) is 13.5. The van der Waals surface area contributed by atoms with Crippen molar-refractivity contribution in [2.45, 2.75) is 13.5 Å². The Morgan fingerprint density at radius 1 is 1.27 bits per heavy atom. The first-order valence-corrected chi connectivity index (χ1v) is 7.23. The molecule has 0 fully saturated rings. The molecular weight excluding hydrogens is 283 g/mol. The molecule has 114 valence electrons. The number of rotatable bonds is 4. The molecular formula is C17H17FN2O2. The Morgan fingerprint density at radius 2 is 2.09 bits per heavy atom. The number of anilines is 2. The predicted molar refractivity (Wildman–Crippen MR) is 83.7 cm³/mol. The molecule has 0 spiro atoms. The highest BCUT2D eigenvalue weighted by atomic mass is 19.1. The third kappa shape index (κ3) is 2.74. The average Bonchev–Trinajstić information content (AvgIpc) is 2.54. The lowest BCUT2D eigenvalue weighted by Gasteiger charge is -2.28. The molecule has 1 amide bonds. The Bertz CT molecular complexity index is 703. The van der Waals surface area contributed by atoms with Crippen molar-refractivity contribution in [3.63, 3.8) is 0 Å². The Morgan fingerprint density at radius 3 is 2.86 bits per heavy atom. The predicted octanol–water partition coefficient (Wildman–Crippen LogP) is 3.18. The number of benzene rings is 2. The number of hydrogen-bond donors (Lipinski definition) is 1. The average molecular weight is 300 g/mol. The second-order valence-corrected chi connectivity index (χ2v) is 5.05. The summed E-state index contributed by atoms with van der Waals surface area (Å²) >= 11 is 0. The summed E-state index contributed by atoms with van der Waals surface area (Å²) in [6, 6.07) is 12.2. The number of ether oxygens (including phenoxy) is 1. The summed E-state index contributed by atoms with van der Waals surface area (Å²) in [5, 5.41) is 3.17. The molecule has 4 nitrogen and oxygen atoms in total. The lowest BCUT2D eigenvalue weighted by Crippen LogP contribution is -2.38. The van der Waals surface area contributed by atoms with E-state index < -0.39 is 0 Å². The van der Waals surface area contributed by atoms with Crippen molar-refractivity contribution >= 4 is 17.3 Å². The summed E-state index contributed by atoms with van der Waals surface area (Å²) in [6.07, 6.45) is 0. The van der Waals surface area contributed by atoms with Gasteiger partial charge in [-0.05, 0) is 25.1 Å². The van der Waals surface area contributed by atoms with Gasteiger partial charge in [0, 0.05) is 30.4 Å². The van der Waals surface area contributed by atoms with Crippen LogP contribution < -0.4 is 15.0 Å². The highest BCUT2D eigenvalue weighted by Gasteiger charge is 2.24. The van der Waals surface area contributed by atoms with Crippen LogP contribution in [0.2, 0.25) is 0 Å². The monoisotopic (exact) mass is 300 g/mol. The molecule has 0 aromatic heterocycles. The molecule has 0 atom stereocenters. The number of nitrogens with one attached hydrogen (secondary N) is 1. The van der Waals surface area contributed by atoms with E-state index in [4.69, 9.17) is 4.74 Å². The summed E-state index contributed by atoms with van der Waals surface area (Å²) in [5.74, 6) is 0.397. The van der Waals surface area contributed by atoms with Gasteiger partial charge in [-0.2, -0.15) is 0 Å². The van der Waals surface area contributed by atoms with Gasteiger partial charge in [0.2, 0.25) is 0 Å². The van der Waals surface area contributed by atoms with Gasteiger partial charge in [-0.25, -0.2) is 4.39 Å². The first-order chi connectivity index (χ1) is 10.7. The second kappa shape index (κ2) is 6.05. The molecule has 0 bridgehead atoms. The van der Waals surface area contributed by atoms with Crippen LogP contribution in [0.4, 0.5) is 15.8 Å². The van der Waals surface area contributed by atoms with Crippen LogP contribution in [-0.2, 0) is 11.3 Å². The zero-order valence-electron chi connectivity index (χ0n) is 12.3. The molecule has 1 N–H and O–H groups in total. The Hall–Kier alpha value is -2.56. The van der Waals surface area contributed by atoms with E-state index in [2.05, 4.69) is 5.32 Å². The lowest BCUT2D eigenvalue weighted by molar-refractivity contribution is -0.121. The Kier molecular flexibility index (Phi) is 3.96. The fraction of sp³-hybridized carbons (Fsp3) is 0.235. The molecule has 1 aliphatic heterocycles. The first kappa shape index (κ1) is 14.4. The largest absolute Gasteiger partial charge is 0.481 e. The maximum absolute atomic E-state index is 13.6. The maximum Gasteiger partial charge on any atom is 0.265 e. The molecule has 0 radical (unpaired) electrons. The Labute approximate surface area is 128 Å². The van der Waals surface area contributed by atoms with Crippen molar-refractivity contribution in [2.75, 3.05) is 23.4 Å². The molecule has 5 heteroatoms. The van der Waals surface area contributed by atoms with Crippen molar-refractivity contribution < 1.29 is 13.9 Å². The van der Waals surface area contributed by atoms with Crippen molar-refractivity contribution in [1.82, 2.24) is 0 Å². The molecule has 0 saturated heterocycles. The van der Waals surface area contributed by atoms with Gasteiger partial charge in [-0.15, -0.1) is 0 Å². The normalized spacial score (nSPS) is 13.5. The zero-order chi connectivity index (χ0) is 15.5. The zero-order valence-corrected chi connectivity index (χ0v) is 12.3. The van der Waals surface area contributed by atoms with Crippen LogP contribution >= 0.6 is 0 Å². The number of fused-ring (bicyclic) bond motifs is 1.